The van der Waals surface area contributed by atoms with Gasteiger partial charge in [-0.3, -0.25) is 0 Å². The van der Waals surface area contributed by atoms with Crippen LogP contribution in [0.25, 0.3) is 0 Å². The summed E-state index contributed by atoms with van der Waals surface area (Å²) in [5.74, 6) is 0.429. The van der Waals surface area contributed by atoms with Crippen LogP contribution in [0, 0.1) is 5.92 Å². The minimum absolute atomic E-state index is 0.136. The molecule has 1 atom stereocenters. The van der Waals surface area contributed by atoms with Crippen LogP contribution >= 0.6 is 0 Å². The molecule has 66 valence electrons. The molecular formula is C7H17BO3. The van der Waals surface area contributed by atoms with Crippen molar-refractivity contribution in [3.8, 4) is 0 Å². The van der Waals surface area contributed by atoms with E-state index in [0.717, 1.165) is 0 Å². The van der Waals surface area contributed by atoms with Crippen molar-refractivity contribution < 1.29 is 14.8 Å². The molecule has 0 aliphatic carbocycles. The summed E-state index contributed by atoms with van der Waals surface area (Å²) >= 11 is 0. The molecule has 0 aliphatic rings. The Labute approximate surface area is 68.5 Å². The Morgan fingerprint density at radius 2 is 1.91 bits per heavy atom. The average Bonchev–Trinajstić information content (AvgIpc) is 1.87. The van der Waals surface area contributed by atoms with Gasteiger partial charge in [0.1, 0.15) is 0 Å². The van der Waals surface area contributed by atoms with E-state index in [1.54, 1.807) is 7.11 Å². The fourth-order valence-corrected chi connectivity index (χ4v) is 1.04. The SMILES string of the molecule is COC(CCB(O)O)C(C)C. The molecule has 0 rings (SSSR count). The van der Waals surface area contributed by atoms with Crippen LogP contribution in [0.2, 0.25) is 6.32 Å². The zero-order valence-electron chi connectivity index (χ0n) is 7.45. The van der Waals surface area contributed by atoms with Gasteiger partial charge in [0.25, 0.3) is 0 Å². The van der Waals surface area contributed by atoms with Gasteiger partial charge in [0.05, 0.1) is 6.10 Å². The summed E-state index contributed by atoms with van der Waals surface area (Å²) in [7, 11) is 0.445. The summed E-state index contributed by atoms with van der Waals surface area (Å²) in [6, 6.07) is 0. The highest BCUT2D eigenvalue weighted by Crippen LogP contribution is 2.12. The van der Waals surface area contributed by atoms with Crippen LogP contribution in [0.1, 0.15) is 20.3 Å². The van der Waals surface area contributed by atoms with Gasteiger partial charge < -0.3 is 14.8 Å². The lowest BCUT2D eigenvalue weighted by atomic mass is 9.81. The van der Waals surface area contributed by atoms with E-state index >= 15 is 0 Å². The molecule has 0 saturated heterocycles. The molecule has 0 aliphatic heterocycles. The van der Waals surface area contributed by atoms with Gasteiger partial charge in [0.2, 0.25) is 0 Å². The predicted octanol–water partition coefficient (Wildman–Crippen LogP) is 0.520. The van der Waals surface area contributed by atoms with Crippen molar-refractivity contribution in [2.75, 3.05) is 7.11 Å². The topological polar surface area (TPSA) is 49.7 Å². The van der Waals surface area contributed by atoms with Gasteiger partial charge >= 0.3 is 7.12 Å². The zero-order valence-corrected chi connectivity index (χ0v) is 7.45. The minimum Gasteiger partial charge on any atom is -0.427 e. The molecule has 0 bridgehead atoms. The average molecular weight is 160 g/mol. The van der Waals surface area contributed by atoms with Crippen molar-refractivity contribution in [3.63, 3.8) is 0 Å². The Hall–Kier alpha value is -0.0551. The molecule has 0 aromatic heterocycles. The fourth-order valence-electron chi connectivity index (χ4n) is 1.04. The minimum atomic E-state index is -1.20. The van der Waals surface area contributed by atoms with Crippen LogP contribution in [0.5, 0.6) is 0 Å². The monoisotopic (exact) mass is 160 g/mol. The van der Waals surface area contributed by atoms with E-state index in [0.29, 0.717) is 18.7 Å². The van der Waals surface area contributed by atoms with Crippen LogP contribution < -0.4 is 0 Å². The first-order valence-electron chi connectivity index (χ1n) is 3.96. The normalized spacial score (nSPS) is 13.6. The van der Waals surface area contributed by atoms with Crippen molar-refractivity contribution in [2.45, 2.75) is 32.7 Å². The van der Waals surface area contributed by atoms with E-state index < -0.39 is 7.12 Å². The summed E-state index contributed by atoms with van der Waals surface area (Å²) in [5.41, 5.74) is 0. The fraction of sp³-hybridized carbons (Fsp3) is 1.00. The maximum atomic E-state index is 8.58. The van der Waals surface area contributed by atoms with Crippen molar-refractivity contribution in [1.82, 2.24) is 0 Å². The van der Waals surface area contributed by atoms with Crippen LogP contribution in [-0.4, -0.2) is 30.4 Å². The molecular weight excluding hydrogens is 143 g/mol. The van der Waals surface area contributed by atoms with Gasteiger partial charge in [-0.05, 0) is 18.7 Å². The molecule has 3 nitrogen and oxygen atoms in total. The smallest absolute Gasteiger partial charge is 0.427 e. The number of methoxy groups -OCH3 is 1. The summed E-state index contributed by atoms with van der Waals surface area (Å²) < 4.78 is 5.14. The predicted molar refractivity (Wildman–Crippen MR) is 45.3 cm³/mol. The van der Waals surface area contributed by atoms with Gasteiger partial charge in [-0.15, -0.1) is 0 Å². The summed E-state index contributed by atoms with van der Waals surface area (Å²) in [6.45, 7) is 4.11. The number of ether oxygens (including phenoxy) is 1. The third-order valence-electron chi connectivity index (χ3n) is 1.76. The maximum absolute atomic E-state index is 8.58. The summed E-state index contributed by atoms with van der Waals surface area (Å²) in [6.07, 6.45) is 1.22. The number of rotatable bonds is 5. The van der Waals surface area contributed by atoms with Crippen LogP contribution in [0.15, 0.2) is 0 Å². The number of hydrogen-bond donors (Lipinski definition) is 2. The highest BCUT2D eigenvalue weighted by molar-refractivity contribution is 6.40. The second-order valence-electron chi connectivity index (χ2n) is 3.08. The van der Waals surface area contributed by atoms with E-state index in [9.17, 15) is 0 Å². The van der Waals surface area contributed by atoms with E-state index in [1.807, 2.05) is 0 Å². The molecule has 0 spiro atoms. The number of hydrogen-bond acceptors (Lipinski definition) is 3. The largest absolute Gasteiger partial charge is 0.451 e. The molecule has 2 N–H and O–H groups in total. The standard InChI is InChI=1S/C7H17BO3/c1-6(2)7(11-3)4-5-8(9)10/h6-7,9-10H,4-5H2,1-3H3. The van der Waals surface area contributed by atoms with Gasteiger partial charge in [-0.1, -0.05) is 13.8 Å². The molecule has 0 radical (unpaired) electrons. The van der Waals surface area contributed by atoms with Crippen LogP contribution in [0.4, 0.5) is 0 Å². The Morgan fingerprint density at radius 3 is 2.18 bits per heavy atom. The summed E-state index contributed by atoms with van der Waals surface area (Å²) in [4.78, 5) is 0. The lowest BCUT2D eigenvalue weighted by Crippen LogP contribution is -2.21. The van der Waals surface area contributed by atoms with Crippen molar-refractivity contribution in [1.29, 1.82) is 0 Å². The first-order valence-corrected chi connectivity index (χ1v) is 3.96. The van der Waals surface area contributed by atoms with E-state index in [-0.39, 0.29) is 6.10 Å². The maximum Gasteiger partial charge on any atom is 0.451 e. The molecule has 0 saturated carbocycles. The van der Waals surface area contributed by atoms with Gasteiger partial charge in [-0.25, -0.2) is 0 Å². The van der Waals surface area contributed by atoms with Crippen molar-refractivity contribution in [2.24, 2.45) is 5.92 Å². The molecule has 4 heteroatoms. The van der Waals surface area contributed by atoms with Crippen LogP contribution in [0.3, 0.4) is 0 Å². The Bertz CT molecular complexity index is 95.7. The van der Waals surface area contributed by atoms with Crippen LogP contribution in [-0.2, 0) is 4.74 Å². The van der Waals surface area contributed by atoms with E-state index in [4.69, 9.17) is 14.8 Å². The third-order valence-corrected chi connectivity index (χ3v) is 1.76. The van der Waals surface area contributed by atoms with Gasteiger partial charge in [0, 0.05) is 7.11 Å². The first-order chi connectivity index (χ1) is 5.07. The summed E-state index contributed by atoms with van der Waals surface area (Å²) in [5, 5.41) is 17.2. The molecule has 0 amide bonds. The molecule has 0 aromatic rings. The first kappa shape index (κ1) is 10.9. The van der Waals surface area contributed by atoms with E-state index in [2.05, 4.69) is 13.8 Å². The molecule has 1 unspecified atom stereocenters. The second-order valence-corrected chi connectivity index (χ2v) is 3.08. The molecule has 11 heavy (non-hydrogen) atoms. The highest BCUT2D eigenvalue weighted by atomic mass is 16.5. The Balaban J connectivity index is 3.52. The van der Waals surface area contributed by atoms with E-state index in [1.165, 1.54) is 0 Å². The molecule has 0 aromatic carbocycles. The van der Waals surface area contributed by atoms with Crippen molar-refractivity contribution in [3.05, 3.63) is 0 Å². The Kier molecular flexibility index (Phi) is 5.55. The zero-order chi connectivity index (χ0) is 8.85. The molecule has 0 heterocycles. The lowest BCUT2D eigenvalue weighted by Gasteiger charge is -2.18. The lowest BCUT2D eigenvalue weighted by molar-refractivity contribution is 0.0608. The van der Waals surface area contributed by atoms with Gasteiger partial charge in [0.15, 0.2) is 0 Å². The van der Waals surface area contributed by atoms with Crippen molar-refractivity contribution >= 4 is 7.12 Å². The quantitative estimate of drug-likeness (QED) is 0.576. The second kappa shape index (κ2) is 5.58. The Morgan fingerprint density at radius 1 is 1.36 bits per heavy atom. The van der Waals surface area contributed by atoms with Gasteiger partial charge in [-0.2, -0.15) is 0 Å². The third kappa shape index (κ3) is 5.24. The molecule has 0 fully saturated rings. The highest BCUT2D eigenvalue weighted by Gasteiger charge is 2.15.